The van der Waals surface area contributed by atoms with Crippen molar-refractivity contribution in [1.82, 2.24) is 14.6 Å². The number of halogens is 1. The number of carboxylic acids is 1. The molecule has 0 amide bonds. The summed E-state index contributed by atoms with van der Waals surface area (Å²) in [6.45, 7) is 2.60. The summed E-state index contributed by atoms with van der Waals surface area (Å²) < 4.78 is 6.74. The van der Waals surface area contributed by atoms with Gasteiger partial charge in [0.1, 0.15) is 5.52 Å². The van der Waals surface area contributed by atoms with Gasteiger partial charge in [-0.05, 0) is 17.7 Å². The molecule has 0 aliphatic carbocycles. The largest absolute Gasteiger partial charge is 0.478 e. The number of aromatic nitrogens is 3. The number of nitrogens with zero attached hydrogens (tertiary/aromatic N) is 4. The zero-order valence-electron chi connectivity index (χ0n) is 9.91. The summed E-state index contributed by atoms with van der Waals surface area (Å²) in [4.78, 5) is 17.2. The first-order chi connectivity index (χ1) is 9.15. The van der Waals surface area contributed by atoms with E-state index < -0.39 is 5.97 Å². The Balaban J connectivity index is 2.13. The van der Waals surface area contributed by atoms with Crippen LogP contribution in [0.4, 0.5) is 5.82 Å². The summed E-state index contributed by atoms with van der Waals surface area (Å²) in [5, 5.41) is 13.1. The van der Waals surface area contributed by atoms with E-state index in [4.69, 9.17) is 21.4 Å². The normalized spacial score (nSPS) is 15.9. The molecule has 2 aromatic heterocycles. The van der Waals surface area contributed by atoms with E-state index in [9.17, 15) is 4.79 Å². The highest BCUT2D eigenvalue weighted by Gasteiger charge is 2.19. The van der Waals surface area contributed by atoms with Crippen molar-refractivity contribution in [3.05, 3.63) is 23.1 Å². The lowest BCUT2D eigenvalue weighted by molar-refractivity contribution is 0.0697. The van der Waals surface area contributed by atoms with E-state index >= 15 is 0 Å². The van der Waals surface area contributed by atoms with Gasteiger partial charge in [-0.3, -0.25) is 0 Å². The molecule has 0 bridgehead atoms. The fourth-order valence-corrected chi connectivity index (χ4v) is 2.24. The predicted molar refractivity (Wildman–Crippen MR) is 68.0 cm³/mol. The van der Waals surface area contributed by atoms with Gasteiger partial charge < -0.3 is 14.7 Å². The maximum Gasteiger partial charge on any atom is 0.337 e. The highest BCUT2D eigenvalue weighted by molar-refractivity contribution is 6.28. The average Bonchev–Trinajstić information content (AvgIpc) is 2.82. The summed E-state index contributed by atoms with van der Waals surface area (Å²) in [6, 6.07) is 1.55. The molecule has 1 saturated heterocycles. The number of hydrogen-bond donors (Lipinski definition) is 1. The molecule has 1 aliphatic heterocycles. The molecular formula is C11H11ClN4O3. The van der Waals surface area contributed by atoms with Crippen molar-refractivity contribution >= 4 is 28.9 Å². The van der Waals surface area contributed by atoms with Crippen LogP contribution in [0, 0.1) is 0 Å². The minimum Gasteiger partial charge on any atom is -0.478 e. The van der Waals surface area contributed by atoms with Crippen LogP contribution in [-0.4, -0.2) is 52.0 Å². The second-order valence-corrected chi connectivity index (χ2v) is 4.51. The zero-order chi connectivity index (χ0) is 13.4. The van der Waals surface area contributed by atoms with Gasteiger partial charge in [-0.1, -0.05) is 0 Å². The van der Waals surface area contributed by atoms with Crippen molar-refractivity contribution < 1.29 is 14.6 Å². The van der Waals surface area contributed by atoms with Crippen LogP contribution in [0.5, 0.6) is 0 Å². The minimum atomic E-state index is -1.01. The SMILES string of the molecule is O=C(O)c1cc2c(N3CCOCC3)nc(Cl)nn2c1. The van der Waals surface area contributed by atoms with E-state index in [1.165, 1.54) is 10.7 Å². The average molecular weight is 283 g/mol. The number of ether oxygens (including phenoxy) is 1. The number of hydrogen-bond acceptors (Lipinski definition) is 5. The summed E-state index contributed by atoms with van der Waals surface area (Å²) in [7, 11) is 0. The Morgan fingerprint density at radius 3 is 2.84 bits per heavy atom. The minimum absolute atomic E-state index is 0.0848. The zero-order valence-corrected chi connectivity index (χ0v) is 10.7. The molecule has 19 heavy (non-hydrogen) atoms. The summed E-state index contributed by atoms with van der Waals surface area (Å²) in [5.74, 6) is -0.370. The van der Waals surface area contributed by atoms with Gasteiger partial charge in [-0.15, -0.1) is 5.10 Å². The van der Waals surface area contributed by atoms with Crippen molar-refractivity contribution in [3.63, 3.8) is 0 Å². The summed E-state index contributed by atoms with van der Waals surface area (Å²) in [5.41, 5.74) is 0.787. The maximum atomic E-state index is 11.0. The van der Waals surface area contributed by atoms with Gasteiger partial charge in [0.2, 0.25) is 5.28 Å². The molecule has 3 rings (SSSR count). The molecule has 0 spiro atoms. The van der Waals surface area contributed by atoms with Crippen molar-refractivity contribution in [2.24, 2.45) is 0 Å². The number of aromatic carboxylic acids is 1. The third-order valence-electron chi connectivity index (χ3n) is 2.98. The van der Waals surface area contributed by atoms with E-state index in [1.807, 2.05) is 4.90 Å². The molecular weight excluding hydrogens is 272 g/mol. The monoisotopic (exact) mass is 282 g/mol. The first-order valence-corrected chi connectivity index (χ1v) is 6.15. The fraction of sp³-hybridized carbons (Fsp3) is 0.364. The van der Waals surface area contributed by atoms with Crippen LogP contribution in [-0.2, 0) is 4.74 Å². The molecule has 1 N–H and O–H groups in total. The maximum absolute atomic E-state index is 11.0. The van der Waals surface area contributed by atoms with Crippen LogP contribution in [0.1, 0.15) is 10.4 Å². The summed E-state index contributed by atoms with van der Waals surface area (Å²) in [6.07, 6.45) is 1.43. The second-order valence-electron chi connectivity index (χ2n) is 4.17. The van der Waals surface area contributed by atoms with Gasteiger partial charge in [0.15, 0.2) is 5.82 Å². The van der Waals surface area contributed by atoms with Gasteiger partial charge in [-0.25, -0.2) is 9.31 Å². The van der Waals surface area contributed by atoms with Crippen LogP contribution in [0.2, 0.25) is 5.28 Å². The van der Waals surface area contributed by atoms with E-state index in [1.54, 1.807) is 6.07 Å². The molecule has 1 aliphatic rings. The Hall–Kier alpha value is -1.86. The predicted octanol–water partition coefficient (Wildman–Crippen LogP) is 0.917. The molecule has 1 fully saturated rings. The van der Waals surface area contributed by atoms with Crippen molar-refractivity contribution in [2.45, 2.75) is 0 Å². The number of fused-ring (bicyclic) bond motifs is 1. The molecule has 0 atom stereocenters. The lowest BCUT2D eigenvalue weighted by atomic mass is 10.3. The van der Waals surface area contributed by atoms with Crippen LogP contribution in [0.15, 0.2) is 12.3 Å². The molecule has 8 heteroatoms. The second kappa shape index (κ2) is 4.67. The lowest BCUT2D eigenvalue weighted by Crippen LogP contribution is -2.37. The van der Waals surface area contributed by atoms with E-state index in [2.05, 4.69) is 10.1 Å². The van der Waals surface area contributed by atoms with Crippen molar-refractivity contribution in [2.75, 3.05) is 31.2 Å². The fourth-order valence-electron chi connectivity index (χ4n) is 2.08. The Morgan fingerprint density at radius 1 is 1.42 bits per heavy atom. The number of morpholine rings is 1. The molecule has 2 aromatic rings. The third-order valence-corrected chi connectivity index (χ3v) is 3.14. The summed E-state index contributed by atoms with van der Waals surface area (Å²) >= 11 is 5.88. The van der Waals surface area contributed by atoms with Gasteiger partial charge in [0, 0.05) is 19.3 Å². The Kier molecular flexibility index (Phi) is 3.00. The molecule has 0 unspecified atom stereocenters. The molecule has 0 radical (unpaired) electrons. The van der Waals surface area contributed by atoms with Gasteiger partial charge in [0.25, 0.3) is 0 Å². The number of anilines is 1. The van der Waals surface area contributed by atoms with Crippen LogP contribution >= 0.6 is 11.6 Å². The standard InChI is InChI=1S/C11H11ClN4O3/c12-11-13-9(15-1-3-19-4-2-15)8-5-7(10(17)18)6-16(8)14-11/h5-6H,1-4H2,(H,17,18). The van der Waals surface area contributed by atoms with Gasteiger partial charge >= 0.3 is 5.97 Å². The smallest absolute Gasteiger partial charge is 0.337 e. The first kappa shape index (κ1) is 12.2. The number of carboxylic acid groups (broad SMARTS) is 1. The van der Waals surface area contributed by atoms with E-state index in [0.717, 1.165) is 0 Å². The molecule has 0 aromatic carbocycles. The van der Waals surface area contributed by atoms with E-state index in [-0.39, 0.29) is 10.8 Å². The molecule has 100 valence electrons. The third kappa shape index (κ3) is 2.22. The molecule has 7 nitrogen and oxygen atoms in total. The molecule has 3 heterocycles. The topological polar surface area (TPSA) is 80.0 Å². The Morgan fingerprint density at radius 2 is 2.16 bits per heavy atom. The first-order valence-electron chi connectivity index (χ1n) is 5.77. The van der Waals surface area contributed by atoms with Gasteiger partial charge in [-0.2, -0.15) is 4.98 Å². The lowest BCUT2D eigenvalue weighted by Gasteiger charge is -2.28. The number of carbonyl (C=O) groups is 1. The highest BCUT2D eigenvalue weighted by atomic mass is 35.5. The van der Waals surface area contributed by atoms with Crippen molar-refractivity contribution in [3.8, 4) is 0 Å². The van der Waals surface area contributed by atoms with Crippen LogP contribution in [0.3, 0.4) is 0 Å². The van der Waals surface area contributed by atoms with E-state index in [0.29, 0.717) is 37.6 Å². The highest BCUT2D eigenvalue weighted by Crippen LogP contribution is 2.23. The quantitative estimate of drug-likeness (QED) is 0.882. The van der Waals surface area contributed by atoms with Crippen LogP contribution in [0.25, 0.3) is 5.52 Å². The van der Waals surface area contributed by atoms with Crippen LogP contribution < -0.4 is 4.90 Å². The Labute approximate surface area is 113 Å². The van der Waals surface area contributed by atoms with Gasteiger partial charge in [0.05, 0.1) is 18.8 Å². The number of rotatable bonds is 2. The Bertz CT molecular complexity index is 636. The molecule has 0 saturated carbocycles. The van der Waals surface area contributed by atoms with Crippen molar-refractivity contribution in [1.29, 1.82) is 0 Å².